The van der Waals surface area contributed by atoms with Crippen molar-refractivity contribution >= 4 is 16.8 Å². The molecule has 6 nitrogen and oxygen atoms in total. The Hall–Kier alpha value is -3.67. The van der Waals surface area contributed by atoms with E-state index in [0.717, 1.165) is 33.5 Å². The van der Waals surface area contributed by atoms with Gasteiger partial charge in [-0.25, -0.2) is 0 Å². The lowest BCUT2D eigenvalue weighted by Gasteiger charge is -2.09. The normalized spacial score (nSPS) is 10.9. The number of amides is 1. The Bertz CT molecular complexity index is 1160. The molecule has 0 saturated carbocycles. The molecule has 0 aliphatic heterocycles. The average Bonchev–Trinajstić information content (AvgIpc) is 3.39. The summed E-state index contributed by atoms with van der Waals surface area (Å²) in [5.41, 5.74) is 3.68. The van der Waals surface area contributed by atoms with Crippen molar-refractivity contribution < 1.29 is 18.7 Å². The van der Waals surface area contributed by atoms with Gasteiger partial charge in [-0.05, 0) is 48.7 Å². The van der Waals surface area contributed by atoms with E-state index in [1.165, 1.54) is 6.26 Å². The molecule has 6 heteroatoms. The zero-order valence-corrected chi connectivity index (χ0v) is 17.0. The van der Waals surface area contributed by atoms with Gasteiger partial charge in [-0.1, -0.05) is 18.2 Å². The standard InChI is InChI=1S/C24H24N2O4/c1-16-5-3-4-6-22(16)30-15-23-20(10-12-29-23)24(27)25-11-9-17-14-26-21-13-18(28-2)7-8-19(17)21/h3-8,10,12-14,26H,9,11,15H2,1-2H3,(H,25,27). The van der Waals surface area contributed by atoms with Crippen molar-refractivity contribution in [3.8, 4) is 11.5 Å². The first-order valence-electron chi connectivity index (χ1n) is 9.82. The van der Waals surface area contributed by atoms with Gasteiger partial charge in [0.15, 0.2) is 5.76 Å². The molecule has 0 aliphatic rings. The number of aromatic nitrogens is 1. The summed E-state index contributed by atoms with van der Waals surface area (Å²) in [5, 5.41) is 4.09. The van der Waals surface area contributed by atoms with Crippen molar-refractivity contribution in [3.63, 3.8) is 0 Å². The molecule has 2 heterocycles. The maximum atomic E-state index is 12.6. The summed E-state index contributed by atoms with van der Waals surface area (Å²) in [6, 6.07) is 15.3. The molecule has 0 radical (unpaired) electrons. The summed E-state index contributed by atoms with van der Waals surface area (Å²) in [6.45, 7) is 2.69. The Morgan fingerprint density at radius 2 is 2.03 bits per heavy atom. The number of carbonyl (C=O) groups excluding carboxylic acids is 1. The third-order valence-corrected chi connectivity index (χ3v) is 5.10. The van der Waals surface area contributed by atoms with Crippen LogP contribution in [0.4, 0.5) is 0 Å². The van der Waals surface area contributed by atoms with E-state index in [9.17, 15) is 4.79 Å². The highest BCUT2D eigenvalue weighted by atomic mass is 16.5. The second-order valence-electron chi connectivity index (χ2n) is 7.04. The van der Waals surface area contributed by atoms with Crippen molar-refractivity contribution in [2.45, 2.75) is 20.0 Å². The van der Waals surface area contributed by atoms with Crippen LogP contribution in [0.1, 0.15) is 27.2 Å². The molecule has 2 N–H and O–H groups in total. The van der Waals surface area contributed by atoms with Crippen LogP contribution in [0, 0.1) is 6.92 Å². The number of hydrogen-bond acceptors (Lipinski definition) is 4. The predicted octanol–water partition coefficient (Wildman–Crippen LogP) is 4.63. The summed E-state index contributed by atoms with van der Waals surface area (Å²) in [4.78, 5) is 15.9. The number of methoxy groups -OCH3 is 1. The van der Waals surface area contributed by atoms with Gasteiger partial charge in [0, 0.05) is 29.7 Å². The molecular formula is C24H24N2O4. The molecule has 154 valence electrons. The number of ether oxygens (including phenoxy) is 2. The molecule has 4 rings (SSSR count). The Labute approximate surface area is 174 Å². The molecule has 0 bridgehead atoms. The van der Waals surface area contributed by atoms with Crippen molar-refractivity contribution in [2.24, 2.45) is 0 Å². The maximum absolute atomic E-state index is 12.6. The molecule has 2 aromatic carbocycles. The number of para-hydroxylation sites is 1. The third-order valence-electron chi connectivity index (χ3n) is 5.10. The Morgan fingerprint density at radius 1 is 1.17 bits per heavy atom. The first kappa shape index (κ1) is 19.6. The lowest BCUT2D eigenvalue weighted by molar-refractivity contribution is 0.0949. The highest BCUT2D eigenvalue weighted by molar-refractivity contribution is 5.95. The number of aromatic amines is 1. The molecule has 0 unspecified atom stereocenters. The van der Waals surface area contributed by atoms with Crippen molar-refractivity contribution in [3.05, 3.63) is 83.4 Å². The second kappa shape index (κ2) is 8.78. The van der Waals surface area contributed by atoms with Gasteiger partial charge in [0.2, 0.25) is 0 Å². The smallest absolute Gasteiger partial charge is 0.254 e. The van der Waals surface area contributed by atoms with E-state index in [-0.39, 0.29) is 12.5 Å². The van der Waals surface area contributed by atoms with Crippen LogP contribution < -0.4 is 14.8 Å². The van der Waals surface area contributed by atoms with E-state index >= 15 is 0 Å². The zero-order chi connectivity index (χ0) is 20.9. The monoisotopic (exact) mass is 404 g/mol. The number of hydrogen-bond donors (Lipinski definition) is 2. The van der Waals surface area contributed by atoms with Gasteiger partial charge in [0.05, 0.1) is 18.9 Å². The second-order valence-corrected chi connectivity index (χ2v) is 7.04. The minimum atomic E-state index is -0.173. The number of fused-ring (bicyclic) bond motifs is 1. The highest BCUT2D eigenvalue weighted by Crippen LogP contribution is 2.23. The molecule has 4 aromatic rings. The lowest BCUT2D eigenvalue weighted by atomic mass is 10.1. The maximum Gasteiger partial charge on any atom is 0.254 e. The fraction of sp³-hybridized carbons (Fsp3) is 0.208. The molecule has 1 amide bonds. The first-order valence-corrected chi connectivity index (χ1v) is 9.82. The Kier molecular flexibility index (Phi) is 5.75. The molecule has 2 aromatic heterocycles. The fourth-order valence-electron chi connectivity index (χ4n) is 3.42. The predicted molar refractivity (Wildman–Crippen MR) is 115 cm³/mol. The number of furan rings is 1. The van der Waals surface area contributed by atoms with Crippen LogP contribution in [0.3, 0.4) is 0 Å². The van der Waals surface area contributed by atoms with Gasteiger partial charge in [0.1, 0.15) is 18.1 Å². The Morgan fingerprint density at radius 3 is 2.87 bits per heavy atom. The van der Waals surface area contributed by atoms with E-state index in [2.05, 4.69) is 10.3 Å². The summed E-state index contributed by atoms with van der Waals surface area (Å²) in [7, 11) is 1.65. The van der Waals surface area contributed by atoms with Gasteiger partial charge in [-0.3, -0.25) is 4.79 Å². The minimum Gasteiger partial charge on any atom is -0.497 e. The van der Waals surface area contributed by atoms with Gasteiger partial charge in [-0.2, -0.15) is 0 Å². The number of H-pyrrole nitrogens is 1. The third kappa shape index (κ3) is 4.17. The molecule has 0 fully saturated rings. The molecule has 30 heavy (non-hydrogen) atoms. The van der Waals surface area contributed by atoms with Gasteiger partial charge < -0.3 is 24.2 Å². The van der Waals surface area contributed by atoms with Crippen LogP contribution in [0.2, 0.25) is 0 Å². The van der Waals surface area contributed by atoms with Gasteiger partial charge in [-0.15, -0.1) is 0 Å². The molecule has 0 saturated heterocycles. The number of nitrogens with one attached hydrogen (secondary N) is 2. The molecule has 0 spiro atoms. The van der Waals surface area contributed by atoms with Crippen molar-refractivity contribution in [1.82, 2.24) is 10.3 Å². The van der Waals surface area contributed by atoms with Crippen LogP contribution in [-0.2, 0) is 13.0 Å². The van der Waals surface area contributed by atoms with Gasteiger partial charge in [0.25, 0.3) is 5.91 Å². The molecule has 0 atom stereocenters. The number of benzene rings is 2. The summed E-state index contributed by atoms with van der Waals surface area (Å²) in [5.74, 6) is 1.92. The van der Waals surface area contributed by atoms with E-state index in [1.807, 2.05) is 55.6 Å². The fourth-order valence-corrected chi connectivity index (χ4v) is 3.42. The van der Waals surface area contributed by atoms with E-state index in [1.54, 1.807) is 13.2 Å². The van der Waals surface area contributed by atoms with Crippen molar-refractivity contribution in [2.75, 3.05) is 13.7 Å². The van der Waals surface area contributed by atoms with E-state index in [4.69, 9.17) is 13.9 Å². The molecule has 0 aliphatic carbocycles. The van der Waals surface area contributed by atoms with Crippen LogP contribution >= 0.6 is 0 Å². The lowest BCUT2D eigenvalue weighted by Crippen LogP contribution is -2.26. The summed E-state index contributed by atoms with van der Waals surface area (Å²) >= 11 is 0. The summed E-state index contributed by atoms with van der Waals surface area (Å²) in [6.07, 6.45) is 4.19. The SMILES string of the molecule is COc1ccc2c(CCNC(=O)c3ccoc3COc3ccccc3C)c[nH]c2c1. The van der Waals surface area contributed by atoms with Crippen LogP contribution in [0.25, 0.3) is 10.9 Å². The largest absolute Gasteiger partial charge is 0.497 e. The van der Waals surface area contributed by atoms with Crippen LogP contribution in [0.5, 0.6) is 11.5 Å². The number of rotatable bonds is 8. The Balaban J connectivity index is 1.35. The van der Waals surface area contributed by atoms with Gasteiger partial charge >= 0.3 is 0 Å². The quantitative estimate of drug-likeness (QED) is 0.449. The summed E-state index contributed by atoms with van der Waals surface area (Å²) < 4.78 is 16.5. The topological polar surface area (TPSA) is 76.5 Å². The number of aryl methyl sites for hydroxylation is 1. The van der Waals surface area contributed by atoms with Crippen LogP contribution in [-0.4, -0.2) is 24.5 Å². The minimum absolute atomic E-state index is 0.173. The van der Waals surface area contributed by atoms with Crippen LogP contribution in [0.15, 0.2) is 65.4 Å². The first-order chi connectivity index (χ1) is 14.7. The van der Waals surface area contributed by atoms with Crippen molar-refractivity contribution in [1.29, 1.82) is 0 Å². The molecular weight excluding hydrogens is 380 g/mol. The van der Waals surface area contributed by atoms with E-state index in [0.29, 0.717) is 24.3 Å². The van der Waals surface area contributed by atoms with E-state index < -0.39 is 0 Å². The zero-order valence-electron chi connectivity index (χ0n) is 17.0. The highest BCUT2D eigenvalue weighted by Gasteiger charge is 2.15. The number of carbonyl (C=O) groups is 1. The average molecular weight is 404 g/mol.